The van der Waals surface area contributed by atoms with Gasteiger partial charge in [-0.25, -0.2) is 0 Å². The molecule has 1 unspecified atom stereocenters. The molecule has 90 valence electrons. The lowest BCUT2D eigenvalue weighted by Crippen LogP contribution is -2.22. The van der Waals surface area contributed by atoms with Gasteiger partial charge < -0.3 is 0 Å². The minimum absolute atomic E-state index is 0.210. The maximum absolute atomic E-state index is 4.46. The van der Waals surface area contributed by atoms with Crippen molar-refractivity contribution < 1.29 is 0 Å². The molecular formula is C14H24N2. The predicted octanol–water partition coefficient (Wildman–Crippen LogP) is 4.11. The molecule has 0 aliphatic heterocycles. The molecule has 16 heavy (non-hydrogen) atoms. The number of aromatic nitrogens is 2. The van der Waals surface area contributed by atoms with Crippen LogP contribution >= 0.6 is 0 Å². The van der Waals surface area contributed by atoms with Crippen LogP contribution in [-0.2, 0) is 5.41 Å². The fourth-order valence-electron chi connectivity index (χ4n) is 2.04. The van der Waals surface area contributed by atoms with Crippen LogP contribution in [0.2, 0.25) is 0 Å². The molecule has 0 radical (unpaired) electrons. The van der Waals surface area contributed by atoms with Crippen LogP contribution in [0, 0.1) is 0 Å². The number of nitrogens with zero attached hydrogens (tertiary/aromatic N) is 2. The van der Waals surface area contributed by atoms with Gasteiger partial charge in [-0.1, -0.05) is 46.5 Å². The van der Waals surface area contributed by atoms with Gasteiger partial charge in [-0.05, 0) is 12.8 Å². The van der Waals surface area contributed by atoms with E-state index in [1.165, 1.54) is 32.1 Å². The van der Waals surface area contributed by atoms with Crippen molar-refractivity contribution in [2.45, 2.75) is 64.7 Å². The van der Waals surface area contributed by atoms with Crippen molar-refractivity contribution in [1.82, 2.24) is 9.97 Å². The number of hydrogen-bond acceptors (Lipinski definition) is 2. The lowest BCUT2D eigenvalue weighted by Gasteiger charge is -2.27. The van der Waals surface area contributed by atoms with Crippen molar-refractivity contribution in [1.29, 1.82) is 0 Å². The molecule has 0 amide bonds. The van der Waals surface area contributed by atoms with Crippen molar-refractivity contribution in [3.05, 3.63) is 24.3 Å². The van der Waals surface area contributed by atoms with Gasteiger partial charge in [0.2, 0.25) is 0 Å². The SMILES string of the molecule is CCCCCCC(C)(CC)c1cnccn1. The standard InChI is InChI=1S/C14H24N2/c1-4-6-7-8-9-14(3,5-2)13-12-15-10-11-16-13/h10-12H,4-9H2,1-3H3. The Morgan fingerprint density at radius 1 is 1.12 bits per heavy atom. The Morgan fingerprint density at radius 3 is 2.50 bits per heavy atom. The van der Waals surface area contributed by atoms with Gasteiger partial charge in [0.05, 0.1) is 5.69 Å². The van der Waals surface area contributed by atoms with Gasteiger partial charge in [-0.15, -0.1) is 0 Å². The first-order chi connectivity index (χ1) is 7.73. The van der Waals surface area contributed by atoms with Gasteiger partial charge in [0.15, 0.2) is 0 Å². The van der Waals surface area contributed by atoms with Crippen LogP contribution in [0.1, 0.15) is 65.0 Å². The Bertz CT molecular complexity index is 284. The molecule has 1 rings (SSSR count). The molecule has 0 saturated heterocycles. The van der Waals surface area contributed by atoms with E-state index >= 15 is 0 Å². The van der Waals surface area contributed by atoms with E-state index in [4.69, 9.17) is 0 Å². The maximum Gasteiger partial charge on any atom is 0.0645 e. The van der Waals surface area contributed by atoms with E-state index in [0.29, 0.717) is 0 Å². The van der Waals surface area contributed by atoms with Gasteiger partial charge >= 0.3 is 0 Å². The Balaban J connectivity index is 2.56. The molecule has 0 spiro atoms. The minimum atomic E-state index is 0.210. The van der Waals surface area contributed by atoms with Crippen molar-refractivity contribution in [2.24, 2.45) is 0 Å². The largest absolute Gasteiger partial charge is 0.261 e. The summed E-state index contributed by atoms with van der Waals surface area (Å²) in [4.78, 5) is 8.64. The number of rotatable bonds is 7. The Hall–Kier alpha value is -0.920. The lowest BCUT2D eigenvalue weighted by molar-refractivity contribution is 0.384. The average Bonchev–Trinajstić information content (AvgIpc) is 2.35. The third-order valence-corrected chi connectivity index (χ3v) is 3.54. The summed E-state index contributed by atoms with van der Waals surface area (Å²) in [6.45, 7) is 6.80. The smallest absolute Gasteiger partial charge is 0.0645 e. The quantitative estimate of drug-likeness (QED) is 0.646. The van der Waals surface area contributed by atoms with E-state index in [1.54, 1.807) is 12.4 Å². The van der Waals surface area contributed by atoms with Gasteiger partial charge in [0.1, 0.15) is 0 Å². The zero-order valence-electron chi connectivity index (χ0n) is 10.9. The molecule has 1 aromatic heterocycles. The first-order valence-electron chi connectivity index (χ1n) is 6.49. The number of unbranched alkanes of at least 4 members (excludes halogenated alkanes) is 3. The van der Waals surface area contributed by atoms with Crippen molar-refractivity contribution in [2.75, 3.05) is 0 Å². The van der Waals surface area contributed by atoms with Crippen molar-refractivity contribution >= 4 is 0 Å². The molecular weight excluding hydrogens is 196 g/mol. The summed E-state index contributed by atoms with van der Waals surface area (Å²) in [5, 5.41) is 0. The first kappa shape index (κ1) is 13.1. The summed E-state index contributed by atoms with van der Waals surface area (Å²) in [5.74, 6) is 0. The van der Waals surface area contributed by atoms with Crippen LogP contribution in [-0.4, -0.2) is 9.97 Å². The summed E-state index contributed by atoms with van der Waals surface area (Å²) in [5.41, 5.74) is 1.36. The lowest BCUT2D eigenvalue weighted by atomic mass is 9.79. The van der Waals surface area contributed by atoms with Crippen molar-refractivity contribution in [3.8, 4) is 0 Å². The highest BCUT2D eigenvalue weighted by Crippen LogP contribution is 2.31. The second-order valence-electron chi connectivity index (χ2n) is 4.82. The summed E-state index contributed by atoms with van der Waals surface area (Å²) in [6, 6.07) is 0. The fraction of sp³-hybridized carbons (Fsp3) is 0.714. The van der Waals surface area contributed by atoms with Crippen LogP contribution in [0.25, 0.3) is 0 Å². The van der Waals surface area contributed by atoms with E-state index in [0.717, 1.165) is 12.1 Å². The van der Waals surface area contributed by atoms with E-state index < -0.39 is 0 Å². The molecule has 2 nitrogen and oxygen atoms in total. The monoisotopic (exact) mass is 220 g/mol. The topological polar surface area (TPSA) is 25.8 Å². The molecule has 1 atom stereocenters. The molecule has 0 saturated carbocycles. The molecule has 1 heterocycles. The minimum Gasteiger partial charge on any atom is -0.261 e. The average molecular weight is 220 g/mol. The van der Waals surface area contributed by atoms with Gasteiger partial charge in [0, 0.05) is 24.0 Å². The van der Waals surface area contributed by atoms with Gasteiger partial charge in [-0.2, -0.15) is 0 Å². The highest BCUT2D eigenvalue weighted by atomic mass is 14.8. The Morgan fingerprint density at radius 2 is 1.94 bits per heavy atom. The normalized spacial score (nSPS) is 14.7. The van der Waals surface area contributed by atoms with E-state index in [2.05, 4.69) is 30.7 Å². The highest BCUT2D eigenvalue weighted by Gasteiger charge is 2.25. The van der Waals surface area contributed by atoms with Crippen molar-refractivity contribution in [3.63, 3.8) is 0 Å². The fourth-order valence-corrected chi connectivity index (χ4v) is 2.04. The van der Waals surface area contributed by atoms with E-state index in [-0.39, 0.29) is 5.41 Å². The number of hydrogen-bond donors (Lipinski definition) is 0. The van der Waals surface area contributed by atoms with E-state index in [1.807, 2.05) is 6.20 Å². The zero-order chi connectivity index (χ0) is 11.9. The Kier molecular flexibility index (Phi) is 5.44. The summed E-state index contributed by atoms with van der Waals surface area (Å²) in [6.07, 6.45) is 13.1. The highest BCUT2D eigenvalue weighted by molar-refractivity contribution is 5.10. The summed E-state index contributed by atoms with van der Waals surface area (Å²) >= 11 is 0. The third-order valence-electron chi connectivity index (χ3n) is 3.54. The maximum atomic E-state index is 4.46. The summed E-state index contributed by atoms with van der Waals surface area (Å²) < 4.78 is 0. The molecule has 0 N–H and O–H groups in total. The first-order valence-corrected chi connectivity index (χ1v) is 6.49. The van der Waals surface area contributed by atoms with Gasteiger partial charge in [-0.3, -0.25) is 9.97 Å². The summed E-state index contributed by atoms with van der Waals surface area (Å²) in [7, 11) is 0. The van der Waals surface area contributed by atoms with Gasteiger partial charge in [0.25, 0.3) is 0 Å². The van der Waals surface area contributed by atoms with Crippen LogP contribution in [0.15, 0.2) is 18.6 Å². The van der Waals surface area contributed by atoms with Crippen LogP contribution in [0.4, 0.5) is 0 Å². The van der Waals surface area contributed by atoms with E-state index in [9.17, 15) is 0 Å². The predicted molar refractivity (Wildman–Crippen MR) is 68.4 cm³/mol. The molecule has 0 bridgehead atoms. The third kappa shape index (κ3) is 3.58. The van der Waals surface area contributed by atoms with Crippen LogP contribution < -0.4 is 0 Å². The molecule has 1 aromatic rings. The second-order valence-corrected chi connectivity index (χ2v) is 4.82. The second kappa shape index (κ2) is 6.62. The molecule has 0 fully saturated rings. The van der Waals surface area contributed by atoms with Crippen LogP contribution in [0.3, 0.4) is 0 Å². The molecule has 0 aliphatic carbocycles. The van der Waals surface area contributed by atoms with Crippen LogP contribution in [0.5, 0.6) is 0 Å². The molecule has 0 aromatic carbocycles. The zero-order valence-corrected chi connectivity index (χ0v) is 10.9. The molecule has 2 heteroatoms. The molecule has 0 aliphatic rings. The Labute approximate surface area is 99.5 Å².